The normalized spacial score (nSPS) is 13.3. The summed E-state index contributed by atoms with van der Waals surface area (Å²) >= 11 is 0. The van der Waals surface area contributed by atoms with Crippen molar-refractivity contribution in [1.29, 1.82) is 0 Å². The van der Waals surface area contributed by atoms with Gasteiger partial charge in [-0.2, -0.15) is 4.31 Å². The number of rotatable bonds is 12. The Morgan fingerprint density at radius 3 is 2.24 bits per heavy atom. The molecule has 0 aliphatic rings. The third-order valence-corrected chi connectivity index (χ3v) is 7.88. The number of amides is 1. The number of aromatic nitrogens is 1. The first-order chi connectivity index (χ1) is 18.1. The lowest BCUT2D eigenvalue weighted by Crippen LogP contribution is -2.51. The zero-order valence-corrected chi connectivity index (χ0v) is 22.7. The van der Waals surface area contributed by atoms with Crippen LogP contribution in [0.1, 0.15) is 25.0 Å². The summed E-state index contributed by atoms with van der Waals surface area (Å²) in [6, 6.07) is 17.4. The molecular weight excluding hydrogens is 506 g/mol. The lowest BCUT2D eigenvalue weighted by molar-refractivity contribution is 0.0332. The Kier molecular flexibility index (Phi) is 10.2. The lowest BCUT2D eigenvalue weighted by atomic mass is 10.00. The molecule has 0 aliphatic heterocycles. The molecule has 3 rings (SSSR count). The summed E-state index contributed by atoms with van der Waals surface area (Å²) < 4.78 is 33.6. The summed E-state index contributed by atoms with van der Waals surface area (Å²) in [7, 11) is -2.45. The average molecular weight is 542 g/mol. The number of hydrogen-bond donors (Lipinski definition) is 2. The molecule has 38 heavy (non-hydrogen) atoms. The summed E-state index contributed by atoms with van der Waals surface area (Å²) in [5.74, 6) is -0.0717. The van der Waals surface area contributed by atoms with E-state index in [0.29, 0.717) is 0 Å². The van der Waals surface area contributed by atoms with Crippen LogP contribution in [0, 0.1) is 5.92 Å². The van der Waals surface area contributed by atoms with Gasteiger partial charge < -0.3 is 19.8 Å². The van der Waals surface area contributed by atoms with E-state index in [-0.39, 0.29) is 42.7 Å². The number of carbonyl (C=O) groups excluding carboxylic acids is 1. The highest BCUT2D eigenvalue weighted by molar-refractivity contribution is 7.89. The third kappa shape index (κ3) is 8.01. The number of phenols is 1. The SMILES string of the molecule is CC(C)CN(C[C@@H](O)[C@H](Cc1ccccc1)N(C)C(=O)OCc1cccnc1)S(=O)(=O)c1ccc(O)cc1. The van der Waals surface area contributed by atoms with E-state index in [0.717, 1.165) is 11.1 Å². The molecule has 0 radical (unpaired) electrons. The molecule has 0 saturated heterocycles. The van der Waals surface area contributed by atoms with Crippen LogP contribution in [0.15, 0.2) is 84.0 Å². The van der Waals surface area contributed by atoms with Crippen LogP contribution < -0.4 is 0 Å². The molecular formula is C28H35N3O6S. The van der Waals surface area contributed by atoms with Gasteiger partial charge in [0, 0.05) is 38.1 Å². The van der Waals surface area contributed by atoms with Gasteiger partial charge in [-0.15, -0.1) is 0 Å². The van der Waals surface area contributed by atoms with Crippen LogP contribution >= 0.6 is 0 Å². The summed E-state index contributed by atoms with van der Waals surface area (Å²) in [6.07, 6.45) is 1.64. The van der Waals surface area contributed by atoms with Crippen molar-refractivity contribution in [2.24, 2.45) is 5.92 Å². The van der Waals surface area contributed by atoms with Crippen LogP contribution in [-0.4, -0.2) is 71.2 Å². The molecule has 0 aliphatic carbocycles. The molecule has 204 valence electrons. The van der Waals surface area contributed by atoms with Crippen molar-refractivity contribution in [1.82, 2.24) is 14.2 Å². The van der Waals surface area contributed by atoms with Crippen LogP contribution in [0.5, 0.6) is 5.75 Å². The molecule has 2 aromatic carbocycles. The van der Waals surface area contributed by atoms with Gasteiger partial charge in [-0.05, 0) is 48.2 Å². The van der Waals surface area contributed by atoms with E-state index in [1.54, 1.807) is 24.5 Å². The second kappa shape index (κ2) is 13.4. The van der Waals surface area contributed by atoms with E-state index in [2.05, 4.69) is 4.98 Å². The van der Waals surface area contributed by atoms with E-state index < -0.39 is 28.3 Å². The number of phenolic OH excluding ortho intramolecular Hbond substituents is 1. The average Bonchev–Trinajstić information content (AvgIpc) is 2.90. The fourth-order valence-corrected chi connectivity index (χ4v) is 5.65. The minimum absolute atomic E-state index is 0.00648. The first-order valence-corrected chi connectivity index (χ1v) is 13.8. The molecule has 0 fully saturated rings. The fourth-order valence-electron chi connectivity index (χ4n) is 4.03. The number of aliphatic hydroxyl groups excluding tert-OH is 1. The number of pyridine rings is 1. The second-order valence-electron chi connectivity index (χ2n) is 9.56. The number of ether oxygens (including phenoxy) is 1. The van der Waals surface area contributed by atoms with Crippen molar-refractivity contribution in [3.05, 3.63) is 90.3 Å². The molecule has 0 spiro atoms. The molecule has 3 aromatic rings. The van der Waals surface area contributed by atoms with Gasteiger partial charge in [0.25, 0.3) is 0 Å². The Bertz CT molecular complexity index is 1250. The molecule has 2 atom stereocenters. The van der Waals surface area contributed by atoms with Crippen molar-refractivity contribution < 1.29 is 28.2 Å². The number of carbonyl (C=O) groups is 1. The maximum Gasteiger partial charge on any atom is 0.410 e. The highest BCUT2D eigenvalue weighted by atomic mass is 32.2. The fraction of sp³-hybridized carbons (Fsp3) is 0.357. The van der Waals surface area contributed by atoms with Crippen molar-refractivity contribution in [3.8, 4) is 5.75 Å². The molecule has 1 amide bonds. The maximum absolute atomic E-state index is 13.5. The Morgan fingerprint density at radius 1 is 0.974 bits per heavy atom. The van der Waals surface area contributed by atoms with Crippen LogP contribution in [0.4, 0.5) is 4.79 Å². The Balaban J connectivity index is 1.84. The maximum atomic E-state index is 13.5. The predicted molar refractivity (Wildman–Crippen MR) is 144 cm³/mol. The molecule has 0 unspecified atom stereocenters. The van der Waals surface area contributed by atoms with Gasteiger partial charge in [-0.1, -0.05) is 50.2 Å². The van der Waals surface area contributed by atoms with Crippen molar-refractivity contribution >= 4 is 16.1 Å². The molecule has 2 N–H and O–H groups in total. The zero-order chi connectivity index (χ0) is 27.7. The van der Waals surface area contributed by atoms with Crippen LogP contribution in [-0.2, 0) is 27.8 Å². The van der Waals surface area contributed by atoms with E-state index in [4.69, 9.17) is 4.74 Å². The molecule has 1 heterocycles. The summed E-state index contributed by atoms with van der Waals surface area (Å²) in [4.78, 5) is 18.3. The molecule has 0 bridgehead atoms. The first kappa shape index (κ1) is 29.1. The molecule has 10 heteroatoms. The monoisotopic (exact) mass is 541 g/mol. The van der Waals surface area contributed by atoms with Crippen molar-refractivity contribution in [2.45, 2.75) is 43.9 Å². The van der Waals surface area contributed by atoms with E-state index >= 15 is 0 Å². The standard InChI is InChI=1S/C28H35N3O6S/c1-21(2)18-31(38(35,36)25-13-11-24(32)12-14-25)19-27(33)26(16-22-8-5-4-6-9-22)30(3)28(34)37-20-23-10-7-15-29-17-23/h4-15,17,21,26-27,32-33H,16,18-20H2,1-3H3/t26-,27+/m0/s1. The number of likely N-dealkylation sites (N-methyl/N-ethyl adjacent to an activating group) is 1. The predicted octanol–water partition coefficient (Wildman–Crippen LogP) is 3.67. The summed E-state index contributed by atoms with van der Waals surface area (Å²) in [5.41, 5.74) is 1.60. The Morgan fingerprint density at radius 2 is 1.63 bits per heavy atom. The highest BCUT2D eigenvalue weighted by Gasteiger charge is 2.34. The van der Waals surface area contributed by atoms with Gasteiger partial charge in [0.2, 0.25) is 10.0 Å². The number of benzene rings is 2. The van der Waals surface area contributed by atoms with E-state index in [9.17, 15) is 23.4 Å². The summed E-state index contributed by atoms with van der Waals surface area (Å²) in [6.45, 7) is 3.71. The topological polar surface area (TPSA) is 120 Å². The number of nitrogens with zero attached hydrogens (tertiary/aromatic N) is 3. The van der Waals surface area contributed by atoms with Crippen LogP contribution in [0.25, 0.3) is 0 Å². The number of hydrogen-bond acceptors (Lipinski definition) is 7. The minimum atomic E-state index is -3.99. The number of sulfonamides is 1. The van der Waals surface area contributed by atoms with Gasteiger partial charge in [0.1, 0.15) is 12.4 Å². The highest BCUT2D eigenvalue weighted by Crippen LogP contribution is 2.22. The number of aliphatic hydroxyl groups is 1. The van der Waals surface area contributed by atoms with Gasteiger partial charge in [0.15, 0.2) is 0 Å². The third-order valence-electron chi connectivity index (χ3n) is 6.04. The first-order valence-electron chi connectivity index (χ1n) is 12.4. The Hall–Kier alpha value is -3.47. The largest absolute Gasteiger partial charge is 0.508 e. The Labute approximate surface area is 224 Å². The van der Waals surface area contributed by atoms with Crippen molar-refractivity contribution in [3.63, 3.8) is 0 Å². The minimum Gasteiger partial charge on any atom is -0.508 e. The smallest absolute Gasteiger partial charge is 0.410 e. The van der Waals surface area contributed by atoms with Crippen LogP contribution in [0.2, 0.25) is 0 Å². The second-order valence-corrected chi connectivity index (χ2v) is 11.5. The molecule has 0 saturated carbocycles. The lowest BCUT2D eigenvalue weighted by Gasteiger charge is -2.34. The number of aromatic hydroxyl groups is 1. The zero-order valence-electron chi connectivity index (χ0n) is 21.8. The molecule has 9 nitrogen and oxygen atoms in total. The molecule has 1 aromatic heterocycles. The van der Waals surface area contributed by atoms with Gasteiger partial charge in [0.05, 0.1) is 17.0 Å². The van der Waals surface area contributed by atoms with Crippen LogP contribution in [0.3, 0.4) is 0 Å². The van der Waals surface area contributed by atoms with E-state index in [1.807, 2.05) is 44.2 Å². The quantitative estimate of drug-likeness (QED) is 0.359. The van der Waals surface area contributed by atoms with Gasteiger partial charge in [-0.3, -0.25) is 4.98 Å². The van der Waals surface area contributed by atoms with Gasteiger partial charge >= 0.3 is 6.09 Å². The van der Waals surface area contributed by atoms with Gasteiger partial charge in [-0.25, -0.2) is 13.2 Å². The van der Waals surface area contributed by atoms with Crippen molar-refractivity contribution in [2.75, 3.05) is 20.1 Å². The summed E-state index contributed by atoms with van der Waals surface area (Å²) in [5, 5.41) is 21.0. The van der Waals surface area contributed by atoms with E-state index in [1.165, 1.54) is 40.5 Å².